The van der Waals surface area contributed by atoms with Gasteiger partial charge in [0.25, 0.3) is 0 Å². The number of piperidine rings is 1. The summed E-state index contributed by atoms with van der Waals surface area (Å²) in [7, 11) is 0. The molecule has 24 heavy (non-hydrogen) atoms. The van der Waals surface area contributed by atoms with Gasteiger partial charge in [0.1, 0.15) is 23.8 Å². The molecule has 0 amide bonds. The van der Waals surface area contributed by atoms with Gasteiger partial charge >= 0.3 is 0 Å². The maximum Gasteiger partial charge on any atom is 0.139 e. The van der Waals surface area contributed by atoms with Crippen molar-refractivity contribution in [2.24, 2.45) is 0 Å². The van der Waals surface area contributed by atoms with E-state index in [2.05, 4.69) is 41.8 Å². The number of hydrogen-bond donors (Lipinski definition) is 0. The van der Waals surface area contributed by atoms with Gasteiger partial charge in [-0.05, 0) is 31.4 Å². The molecule has 0 saturated carbocycles. The Morgan fingerprint density at radius 3 is 2.75 bits per heavy atom. The van der Waals surface area contributed by atoms with Crippen LogP contribution >= 0.6 is 0 Å². The molecule has 3 aromatic rings. The molecule has 0 radical (unpaired) electrons. The average molecular weight is 320 g/mol. The van der Waals surface area contributed by atoms with Gasteiger partial charge in [-0.25, -0.2) is 9.97 Å². The Bertz CT molecular complexity index is 873. The maximum atomic E-state index is 4.56. The first-order chi connectivity index (χ1) is 11.9. The van der Waals surface area contributed by atoms with E-state index in [0.29, 0.717) is 5.92 Å². The molecule has 0 spiro atoms. The van der Waals surface area contributed by atoms with Crippen molar-refractivity contribution in [2.45, 2.75) is 38.1 Å². The molecule has 122 valence electrons. The van der Waals surface area contributed by atoms with Gasteiger partial charge in [0.05, 0.1) is 5.52 Å². The summed E-state index contributed by atoms with van der Waals surface area (Å²) in [6.45, 7) is 3.11. The van der Waals surface area contributed by atoms with Crippen LogP contribution in [0, 0.1) is 0 Å². The van der Waals surface area contributed by atoms with E-state index >= 15 is 0 Å². The van der Waals surface area contributed by atoms with E-state index in [-0.39, 0.29) is 0 Å². The Morgan fingerprint density at radius 1 is 0.958 bits per heavy atom. The minimum atomic E-state index is 0.522. The molecule has 2 aliphatic rings. The van der Waals surface area contributed by atoms with Crippen LogP contribution in [0.2, 0.25) is 0 Å². The third-order valence-corrected chi connectivity index (χ3v) is 5.32. The van der Waals surface area contributed by atoms with E-state index in [1.54, 1.807) is 6.33 Å². The molecule has 1 saturated heterocycles. The lowest BCUT2D eigenvalue weighted by atomic mass is 9.95. The fraction of sp³-hybridized carbons (Fsp3) is 0.444. The van der Waals surface area contributed by atoms with Crippen molar-refractivity contribution >= 4 is 16.7 Å². The van der Waals surface area contributed by atoms with E-state index in [0.717, 1.165) is 55.6 Å². The summed E-state index contributed by atoms with van der Waals surface area (Å²) in [5.74, 6) is 3.96. The number of rotatable bonds is 2. The summed E-state index contributed by atoms with van der Waals surface area (Å²) >= 11 is 0. The minimum absolute atomic E-state index is 0.522. The van der Waals surface area contributed by atoms with Gasteiger partial charge in [0, 0.05) is 37.4 Å². The zero-order valence-electron chi connectivity index (χ0n) is 13.6. The van der Waals surface area contributed by atoms with Gasteiger partial charge in [-0.3, -0.25) is 0 Å². The molecule has 1 aromatic carbocycles. The number of benzene rings is 1. The lowest BCUT2D eigenvalue weighted by molar-refractivity contribution is 0.466. The molecule has 0 aliphatic carbocycles. The van der Waals surface area contributed by atoms with Crippen molar-refractivity contribution in [1.29, 1.82) is 0 Å². The zero-order chi connectivity index (χ0) is 15.9. The van der Waals surface area contributed by atoms with E-state index < -0.39 is 0 Å². The van der Waals surface area contributed by atoms with Gasteiger partial charge in [-0.2, -0.15) is 0 Å². The number of para-hydroxylation sites is 1. The second-order valence-corrected chi connectivity index (χ2v) is 6.71. The van der Waals surface area contributed by atoms with Gasteiger partial charge in [0.2, 0.25) is 0 Å². The summed E-state index contributed by atoms with van der Waals surface area (Å²) in [4.78, 5) is 11.3. The monoisotopic (exact) mass is 320 g/mol. The fourth-order valence-electron chi connectivity index (χ4n) is 4.07. The Balaban J connectivity index is 1.38. The number of hydrogen-bond acceptors (Lipinski definition) is 5. The second kappa shape index (κ2) is 5.54. The van der Waals surface area contributed by atoms with Gasteiger partial charge in [-0.15, -0.1) is 10.2 Å². The van der Waals surface area contributed by atoms with E-state index in [9.17, 15) is 0 Å². The van der Waals surface area contributed by atoms with Gasteiger partial charge in [0.15, 0.2) is 0 Å². The number of nitrogens with zero attached hydrogens (tertiary/aromatic N) is 6. The van der Waals surface area contributed by atoms with Crippen LogP contribution in [0.5, 0.6) is 0 Å². The van der Waals surface area contributed by atoms with Crippen LogP contribution in [0.15, 0.2) is 30.6 Å². The average Bonchev–Trinajstić information content (AvgIpc) is 3.25. The molecule has 0 bridgehead atoms. The second-order valence-electron chi connectivity index (χ2n) is 6.71. The van der Waals surface area contributed by atoms with Crippen molar-refractivity contribution in [2.75, 3.05) is 18.0 Å². The van der Waals surface area contributed by atoms with Gasteiger partial charge in [-0.1, -0.05) is 12.1 Å². The smallest absolute Gasteiger partial charge is 0.139 e. The molecule has 0 N–H and O–H groups in total. The Labute approximate surface area is 140 Å². The van der Waals surface area contributed by atoms with Crippen molar-refractivity contribution in [3.8, 4) is 0 Å². The topological polar surface area (TPSA) is 59.7 Å². The summed E-state index contributed by atoms with van der Waals surface area (Å²) in [6, 6.07) is 8.24. The Hall–Kier alpha value is -2.50. The summed E-state index contributed by atoms with van der Waals surface area (Å²) < 4.78 is 2.35. The van der Waals surface area contributed by atoms with Crippen molar-refractivity contribution < 1.29 is 0 Å². The number of anilines is 1. The fourth-order valence-corrected chi connectivity index (χ4v) is 4.07. The normalized spacial score (nSPS) is 18.2. The molecule has 0 unspecified atom stereocenters. The summed E-state index contributed by atoms with van der Waals surface area (Å²) in [5.41, 5.74) is 1.01. The molecular formula is C18H20N6. The van der Waals surface area contributed by atoms with Crippen LogP contribution in [0.4, 0.5) is 5.82 Å². The lowest BCUT2D eigenvalue weighted by Gasteiger charge is -2.32. The van der Waals surface area contributed by atoms with Crippen molar-refractivity contribution in [3.63, 3.8) is 0 Å². The van der Waals surface area contributed by atoms with Crippen LogP contribution in [-0.2, 0) is 13.0 Å². The third-order valence-electron chi connectivity index (χ3n) is 5.32. The molecule has 6 nitrogen and oxygen atoms in total. The van der Waals surface area contributed by atoms with Crippen LogP contribution in [0.25, 0.3) is 10.9 Å². The Morgan fingerprint density at radius 2 is 1.83 bits per heavy atom. The van der Waals surface area contributed by atoms with Crippen LogP contribution < -0.4 is 4.90 Å². The summed E-state index contributed by atoms with van der Waals surface area (Å²) in [5, 5.41) is 9.99. The number of aromatic nitrogens is 5. The largest absolute Gasteiger partial charge is 0.356 e. The molecule has 4 heterocycles. The third kappa shape index (κ3) is 2.17. The van der Waals surface area contributed by atoms with E-state index in [4.69, 9.17) is 0 Å². The molecule has 6 heteroatoms. The summed E-state index contributed by atoms with van der Waals surface area (Å²) in [6.07, 6.45) is 6.18. The molecule has 0 atom stereocenters. The predicted octanol–water partition coefficient (Wildman–Crippen LogP) is 2.55. The predicted molar refractivity (Wildman–Crippen MR) is 92.1 cm³/mol. The standard InChI is InChI=1S/C18H20N6/c1-2-5-15-14(4-1)18(20-12-19-15)23-10-7-13(8-11-23)17-22-21-16-6-3-9-24(16)17/h1-2,4-5,12-13H,3,6-11H2. The first kappa shape index (κ1) is 13.9. The van der Waals surface area contributed by atoms with Crippen molar-refractivity contribution in [3.05, 3.63) is 42.2 Å². The van der Waals surface area contributed by atoms with Crippen molar-refractivity contribution in [1.82, 2.24) is 24.7 Å². The van der Waals surface area contributed by atoms with E-state index in [1.165, 1.54) is 18.1 Å². The maximum absolute atomic E-state index is 4.56. The minimum Gasteiger partial charge on any atom is -0.356 e. The zero-order valence-corrected chi connectivity index (χ0v) is 13.6. The molecule has 1 fully saturated rings. The lowest BCUT2D eigenvalue weighted by Crippen LogP contribution is -2.34. The molecule has 2 aromatic heterocycles. The highest BCUT2D eigenvalue weighted by Gasteiger charge is 2.28. The van der Waals surface area contributed by atoms with Crippen LogP contribution in [-0.4, -0.2) is 37.8 Å². The SMILES string of the molecule is c1ccc2c(N3CCC(c4nnc5n4CCC5)CC3)ncnc2c1. The molecule has 2 aliphatic heterocycles. The Kier molecular flexibility index (Phi) is 3.21. The van der Waals surface area contributed by atoms with Gasteiger partial charge < -0.3 is 9.47 Å². The highest BCUT2D eigenvalue weighted by atomic mass is 15.3. The van der Waals surface area contributed by atoms with Crippen LogP contribution in [0.3, 0.4) is 0 Å². The quantitative estimate of drug-likeness (QED) is 0.726. The van der Waals surface area contributed by atoms with Crippen LogP contribution in [0.1, 0.15) is 36.8 Å². The first-order valence-electron chi connectivity index (χ1n) is 8.77. The van der Waals surface area contributed by atoms with E-state index in [1.807, 2.05) is 12.1 Å². The molecular weight excluding hydrogens is 300 g/mol. The highest BCUT2D eigenvalue weighted by Crippen LogP contribution is 2.32. The number of fused-ring (bicyclic) bond motifs is 2. The molecule has 5 rings (SSSR count). The number of aryl methyl sites for hydroxylation is 1. The highest BCUT2D eigenvalue weighted by molar-refractivity contribution is 5.89. The first-order valence-corrected chi connectivity index (χ1v) is 8.77.